The standard InChI is InChI=1S/C7H8FI/c1-5-4-6(9)2-3-7(5)8/h2-3,6H,4H2,1H3. The van der Waals surface area contributed by atoms with E-state index in [4.69, 9.17) is 0 Å². The molecule has 0 amide bonds. The van der Waals surface area contributed by atoms with Gasteiger partial charge in [-0.1, -0.05) is 28.7 Å². The van der Waals surface area contributed by atoms with E-state index in [1.807, 2.05) is 13.0 Å². The van der Waals surface area contributed by atoms with Crippen LogP contribution in [0.15, 0.2) is 23.6 Å². The largest absolute Gasteiger partial charge is 0.207 e. The summed E-state index contributed by atoms with van der Waals surface area (Å²) >= 11 is 2.29. The van der Waals surface area contributed by atoms with Gasteiger partial charge in [-0.3, -0.25) is 0 Å². The van der Waals surface area contributed by atoms with E-state index in [0.29, 0.717) is 3.92 Å². The highest BCUT2D eigenvalue weighted by atomic mass is 127. The highest BCUT2D eigenvalue weighted by molar-refractivity contribution is 14.1. The number of halogens is 2. The van der Waals surface area contributed by atoms with Crippen molar-refractivity contribution >= 4 is 22.6 Å². The lowest BCUT2D eigenvalue weighted by molar-refractivity contribution is 0.639. The second-order valence-corrected chi connectivity index (χ2v) is 3.81. The molecule has 0 radical (unpaired) electrons. The lowest BCUT2D eigenvalue weighted by atomic mass is 10.1. The van der Waals surface area contributed by atoms with Crippen LogP contribution >= 0.6 is 22.6 Å². The zero-order valence-corrected chi connectivity index (χ0v) is 7.35. The minimum absolute atomic E-state index is 0.0529. The molecule has 0 heterocycles. The number of alkyl halides is 1. The molecule has 0 aliphatic heterocycles. The minimum Gasteiger partial charge on any atom is -0.207 e. The second kappa shape index (κ2) is 2.82. The van der Waals surface area contributed by atoms with E-state index in [-0.39, 0.29) is 5.83 Å². The quantitative estimate of drug-likeness (QED) is 0.449. The van der Waals surface area contributed by atoms with E-state index in [1.54, 1.807) is 6.08 Å². The first-order valence-corrected chi connectivity index (χ1v) is 4.12. The van der Waals surface area contributed by atoms with E-state index in [2.05, 4.69) is 22.6 Å². The molecule has 0 fully saturated rings. The van der Waals surface area contributed by atoms with Gasteiger partial charge in [0.05, 0.1) is 0 Å². The van der Waals surface area contributed by atoms with Crippen LogP contribution in [0.4, 0.5) is 4.39 Å². The van der Waals surface area contributed by atoms with Crippen LogP contribution in [0.3, 0.4) is 0 Å². The van der Waals surface area contributed by atoms with Gasteiger partial charge >= 0.3 is 0 Å². The Morgan fingerprint density at radius 3 is 2.89 bits per heavy atom. The molecule has 0 bridgehead atoms. The lowest BCUT2D eigenvalue weighted by Crippen LogP contribution is -1.99. The number of rotatable bonds is 0. The van der Waals surface area contributed by atoms with E-state index in [0.717, 1.165) is 12.0 Å². The Balaban J connectivity index is 2.75. The number of hydrogen-bond acceptors (Lipinski definition) is 0. The summed E-state index contributed by atoms with van der Waals surface area (Å²) in [6.45, 7) is 1.84. The molecule has 0 saturated carbocycles. The molecule has 0 spiro atoms. The predicted octanol–water partition coefficient (Wildman–Crippen LogP) is 2.99. The second-order valence-electron chi connectivity index (χ2n) is 2.21. The highest BCUT2D eigenvalue weighted by Gasteiger charge is 2.08. The van der Waals surface area contributed by atoms with Gasteiger partial charge in [-0.2, -0.15) is 0 Å². The molecule has 1 atom stereocenters. The van der Waals surface area contributed by atoms with Crippen LogP contribution in [0.5, 0.6) is 0 Å². The Bertz CT molecular complexity index is 170. The Morgan fingerprint density at radius 1 is 1.78 bits per heavy atom. The van der Waals surface area contributed by atoms with Crippen LogP contribution in [0.25, 0.3) is 0 Å². The number of allylic oxidation sites excluding steroid dienone is 4. The number of hydrogen-bond donors (Lipinski definition) is 0. The average molecular weight is 238 g/mol. The molecule has 0 nitrogen and oxygen atoms in total. The first-order chi connectivity index (χ1) is 4.20. The maximum atomic E-state index is 12.5. The van der Waals surface area contributed by atoms with Gasteiger partial charge in [-0.25, -0.2) is 4.39 Å². The third-order valence-corrected chi connectivity index (χ3v) is 2.22. The fraction of sp³-hybridized carbons (Fsp3) is 0.429. The monoisotopic (exact) mass is 238 g/mol. The molecule has 0 aromatic rings. The van der Waals surface area contributed by atoms with Gasteiger partial charge in [0.25, 0.3) is 0 Å². The molecule has 0 N–H and O–H groups in total. The zero-order valence-electron chi connectivity index (χ0n) is 5.20. The third-order valence-electron chi connectivity index (χ3n) is 1.36. The molecule has 1 rings (SSSR count). The van der Waals surface area contributed by atoms with Crippen molar-refractivity contribution in [1.82, 2.24) is 0 Å². The topological polar surface area (TPSA) is 0 Å². The molecule has 50 valence electrons. The molecule has 0 aromatic heterocycles. The van der Waals surface area contributed by atoms with Crippen molar-refractivity contribution in [1.29, 1.82) is 0 Å². The SMILES string of the molecule is CC1=C(F)C=CC(I)C1. The molecule has 9 heavy (non-hydrogen) atoms. The Morgan fingerprint density at radius 2 is 2.44 bits per heavy atom. The smallest absolute Gasteiger partial charge is 0.121 e. The maximum absolute atomic E-state index is 12.5. The average Bonchev–Trinajstić information content (AvgIpc) is 1.80. The van der Waals surface area contributed by atoms with E-state index in [9.17, 15) is 4.39 Å². The first kappa shape index (κ1) is 7.25. The predicted molar refractivity (Wildman–Crippen MR) is 45.4 cm³/mol. The van der Waals surface area contributed by atoms with Crippen LogP contribution in [0.2, 0.25) is 0 Å². The van der Waals surface area contributed by atoms with Crippen LogP contribution in [-0.2, 0) is 0 Å². The van der Waals surface area contributed by atoms with Crippen LogP contribution in [0, 0.1) is 0 Å². The van der Waals surface area contributed by atoms with Gasteiger partial charge in [0.2, 0.25) is 0 Å². The third kappa shape index (κ3) is 1.78. The summed E-state index contributed by atoms with van der Waals surface area (Å²) < 4.78 is 13.0. The van der Waals surface area contributed by atoms with Gasteiger partial charge < -0.3 is 0 Å². The summed E-state index contributed by atoms with van der Waals surface area (Å²) in [6.07, 6.45) is 4.31. The summed E-state index contributed by atoms with van der Waals surface area (Å²) in [4.78, 5) is 0. The molecular weight excluding hydrogens is 230 g/mol. The van der Waals surface area contributed by atoms with Crippen molar-refractivity contribution in [3.63, 3.8) is 0 Å². The first-order valence-electron chi connectivity index (χ1n) is 2.87. The van der Waals surface area contributed by atoms with E-state index in [1.165, 1.54) is 0 Å². The van der Waals surface area contributed by atoms with Crippen molar-refractivity contribution in [3.05, 3.63) is 23.6 Å². The molecule has 1 aliphatic rings. The van der Waals surface area contributed by atoms with Gasteiger partial charge in [-0.05, 0) is 25.0 Å². The molecule has 0 aromatic carbocycles. The zero-order chi connectivity index (χ0) is 6.85. The highest BCUT2D eigenvalue weighted by Crippen LogP contribution is 2.23. The van der Waals surface area contributed by atoms with Crippen LogP contribution in [0.1, 0.15) is 13.3 Å². The summed E-state index contributed by atoms with van der Waals surface area (Å²) in [7, 11) is 0. The molecular formula is C7H8FI. The fourth-order valence-electron chi connectivity index (χ4n) is 0.789. The van der Waals surface area contributed by atoms with Crippen molar-refractivity contribution in [2.45, 2.75) is 17.3 Å². The summed E-state index contributed by atoms with van der Waals surface area (Å²) in [5, 5.41) is 0. The maximum Gasteiger partial charge on any atom is 0.121 e. The van der Waals surface area contributed by atoms with Crippen molar-refractivity contribution in [2.75, 3.05) is 0 Å². The van der Waals surface area contributed by atoms with Gasteiger partial charge in [0.15, 0.2) is 0 Å². The summed E-state index contributed by atoms with van der Waals surface area (Å²) in [5.41, 5.74) is 0.872. The normalized spacial score (nSPS) is 27.2. The summed E-state index contributed by atoms with van der Waals surface area (Å²) in [5.74, 6) is -0.0529. The Hall–Kier alpha value is 0.140. The Kier molecular flexibility index (Phi) is 2.27. The Labute approximate surface area is 68.0 Å². The van der Waals surface area contributed by atoms with Crippen molar-refractivity contribution in [3.8, 4) is 0 Å². The van der Waals surface area contributed by atoms with Crippen molar-refractivity contribution < 1.29 is 4.39 Å². The van der Waals surface area contributed by atoms with Gasteiger partial charge in [0.1, 0.15) is 5.83 Å². The van der Waals surface area contributed by atoms with E-state index < -0.39 is 0 Å². The minimum atomic E-state index is -0.0529. The van der Waals surface area contributed by atoms with Crippen LogP contribution < -0.4 is 0 Å². The molecule has 1 aliphatic carbocycles. The van der Waals surface area contributed by atoms with Gasteiger partial charge in [0, 0.05) is 3.92 Å². The molecule has 1 unspecified atom stereocenters. The van der Waals surface area contributed by atoms with E-state index >= 15 is 0 Å². The van der Waals surface area contributed by atoms with Gasteiger partial charge in [-0.15, -0.1) is 0 Å². The van der Waals surface area contributed by atoms with Crippen LogP contribution in [-0.4, -0.2) is 3.92 Å². The fourth-order valence-corrected chi connectivity index (χ4v) is 1.66. The summed E-state index contributed by atoms with van der Waals surface area (Å²) in [6, 6.07) is 0. The van der Waals surface area contributed by atoms with Crippen molar-refractivity contribution in [2.24, 2.45) is 0 Å². The molecule has 2 heteroatoms. The molecule has 0 saturated heterocycles. The lowest BCUT2D eigenvalue weighted by Gasteiger charge is -2.09.